The summed E-state index contributed by atoms with van der Waals surface area (Å²) in [5.41, 5.74) is 1.68. The molecule has 1 aliphatic heterocycles. The lowest BCUT2D eigenvalue weighted by Gasteiger charge is -2.35. The third-order valence-electron chi connectivity index (χ3n) is 4.09. The van der Waals surface area contributed by atoms with Crippen LogP contribution in [0.25, 0.3) is 0 Å². The minimum Gasteiger partial charge on any atom is -0.481 e. The first-order valence-electron chi connectivity index (χ1n) is 7.72. The fourth-order valence-corrected chi connectivity index (χ4v) is 2.93. The van der Waals surface area contributed by atoms with Crippen LogP contribution in [0.1, 0.15) is 48.0 Å². The minimum absolute atomic E-state index is 0.000874. The number of piperidine rings is 1. The molecule has 2 rings (SSSR count). The number of methoxy groups -OCH3 is 1. The van der Waals surface area contributed by atoms with Crippen LogP contribution >= 0.6 is 0 Å². The van der Waals surface area contributed by atoms with Gasteiger partial charge in [0.2, 0.25) is 0 Å². The topological polar surface area (TPSA) is 66.8 Å². The lowest BCUT2D eigenvalue weighted by atomic mass is 9.96. The first-order valence-corrected chi connectivity index (χ1v) is 7.72. The van der Waals surface area contributed by atoms with Crippen molar-refractivity contribution >= 4 is 11.9 Å². The molecular formula is C17H23NO4. The van der Waals surface area contributed by atoms with E-state index in [0.29, 0.717) is 25.1 Å². The number of ether oxygens (including phenoxy) is 1. The number of nitrogens with zero attached hydrogens (tertiary/aromatic N) is 1. The van der Waals surface area contributed by atoms with Gasteiger partial charge in [0.15, 0.2) is 0 Å². The molecule has 1 unspecified atom stereocenters. The Balaban J connectivity index is 2.05. The standard InChI is InChI=1S/C17H23NO4/c1-22-12-13-5-7-14(8-6-13)17(21)18-11-3-2-4-15(18)9-10-16(19)20/h5-8,15H,2-4,9-12H2,1H3,(H,19,20). The van der Waals surface area contributed by atoms with Crippen molar-refractivity contribution in [2.75, 3.05) is 13.7 Å². The molecule has 1 fully saturated rings. The summed E-state index contributed by atoms with van der Waals surface area (Å²) in [5, 5.41) is 8.85. The van der Waals surface area contributed by atoms with Crippen LogP contribution in [0.5, 0.6) is 0 Å². The van der Waals surface area contributed by atoms with Gasteiger partial charge in [-0.15, -0.1) is 0 Å². The Morgan fingerprint density at radius 2 is 2.00 bits per heavy atom. The predicted octanol–water partition coefficient (Wildman–Crippen LogP) is 2.69. The molecule has 1 amide bonds. The lowest BCUT2D eigenvalue weighted by molar-refractivity contribution is -0.137. The summed E-state index contributed by atoms with van der Waals surface area (Å²) in [6.45, 7) is 1.24. The zero-order valence-corrected chi connectivity index (χ0v) is 13.0. The Hall–Kier alpha value is -1.88. The number of carboxylic acids is 1. The van der Waals surface area contributed by atoms with Gasteiger partial charge in [0.05, 0.1) is 6.61 Å². The molecule has 0 saturated carbocycles. The van der Waals surface area contributed by atoms with E-state index in [-0.39, 0.29) is 18.4 Å². The minimum atomic E-state index is -0.804. The van der Waals surface area contributed by atoms with E-state index in [2.05, 4.69) is 0 Å². The van der Waals surface area contributed by atoms with Crippen molar-refractivity contribution in [1.29, 1.82) is 0 Å². The monoisotopic (exact) mass is 305 g/mol. The van der Waals surface area contributed by atoms with Gasteiger partial charge in [-0.25, -0.2) is 0 Å². The van der Waals surface area contributed by atoms with E-state index < -0.39 is 5.97 Å². The summed E-state index contributed by atoms with van der Waals surface area (Å²) in [6.07, 6.45) is 3.57. The fraction of sp³-hybridized carbons (Fsp3) is 0.529. The van der Waals surface area contributed by atoms with Crippen molar-refractivity contribution in [3.63, 3.8) is 0 Å². The average molecular weight is 305 g/mol. The maximum Gasteiger partial charge on any atom is 0.303 e. The highest BCUT2D eigenvalue weighted by atomic mass is 16.5. The number of carboxylic acid groups (broad SMARTS) is 1. The van der Waals surface area contributed by atoms with E-state index in [1.54, 1.807) is 7.11 Å². The average Bonchev–Trinajstić information content (AvgIpc) is 2.53. The summed E-state index contributed by atoms with van der Waals surface area (Å²) < 4.78 is 5.07. The predicted molar refractivity (Wildman–Crippen MR) is 82.7 cm³/mol. The second kappa shape index (κ2) is 7.94. The highest BCUT2D eigenvalue weighted by Crippen LogP contribution is 2.23. The summed E-state index contributed by atoms with van der Waals surface area (Å²) in [6, 6.07) is 7.47. The Bertz CT molecular complexity index is 512. The fourth-order valence-electron chi connectivity index (χ4n) is 2.93. The van der Waals surface area contributed by atoms with Gasteiger partial charge in [0.1, 0.15) is 0 Å². The zero-order chi connectivity index (χ0) is 15.9. The largest absolute Gasteiger partial charge is 0.481 e. The molecule has 22 heavy (non-hydrogen) atoms. The molecule has 1 aliphatic rings. The number of carbonyl (C=O) groups is 2. The van der Waals surface area contributed by atoms with Gasteiger partial charge in [0.25, 0.3) is 5.91 Å². The normalized spacial score (nSPS) is 18.2. The van der Waals surface area contributed by atoms with Crippen LogP contribution in [-0.2, 0) is 16.1 Å². The van der Waals surface area contributed by atoms with Crippen LogP contribution in [0.3, 0.4) is 0 Å². The molecule has 1 saturated heterocycles. The van der Waals surface area contributed by atoms with Crippen molar-refractivity contribution in [3.05, 3.63) is 35.4 Å². The summed E-state index contributed by atoms with van der Waals surface area (Å²) in [4.78, 5) is 25.3. The maximum absolute atomic E-state index is 12.7. The van der Waals surface area contributed by atoms with Crippen molar-refractivity contribution in [3.8, 4) is 0 Å². The number of aliphatic carboxylic acids is 1. The van der Waals surface area contributed by atoms with Crippen molar-refractivity contribution < 1.29 is 19.4 Å². The van der Waals surface area contributed by atoms with Gasteiger partial charge in [-0.05, 0) is 43.4 Å². The van der Waals surface area contributed by atoms with Crippen LogP contribution < -0.4 is 0 Å². The number of hydrogen-bond acceptors (Lipinski definition) is 3. The molecule has 5 heteroatoms. The van der Waals surface area contributed by atoms with Crippen LogP contribution in [0.4, 0.5) is 0 Å². The molecule has 120 valence electrons. The molecule has 0 aliphatic carbocycles. The third kappa shape index (κ3) is 4.31. The molecule has 0 bridgehead atoms. The van der Waals surface area contributed by atoms with Crippen LogP contribution in [-0.4, -0.2) is 41.6 Å². The van der Waals surface area contributed by atoms with Gasteiger partial charge in [-0.1, -0.05) is 12.1 Å². The quantitative estimate of drug-likeness (QED) is 0.877. The van der Waals surface area contributed by atoms with E-state index in [0.717, 1.165) is 24.8 Å². The van der Waals surface area contributed by atoms with Gasteiger partial charge in [0, 0.05) is 31.7 Å². The molecular weight excluding hydrogens is 282 g/mol. The molecule has 5 nitrogen and oxygen atoms in total. The van der Waals surface area contributed by atoms with Crippen LogP contribution in [0.2, 0.25) is 0 Å². The highest BCUT2D eigenvalue weighted by molar-refractivity contribution is 5.94. The van der Waals surface area contributed by atoms with E-state index in [9.17, 15) is 9.59 Å². The van der Waals surface area contributed by atoms with Crippen LogP contribution in [0, 0.1) is 0 Å². The maximum atomic E-state index is 12.7. The van der Waals surface area contributed by atoms with Gasteiger partial charge < -0.3 is 14.7 Å². The Labute approximate surface area is 130 Å². The molecule has 0 spiro atoms. The second-order valence-corrected chi connectivity index (χ2v) is 5.71. The number of likely N-dealkylation sites (tertiary alicyclic amines) is 1. The summed E-state index contributed by atoms with van der Waals surface area (Å²) in [7, 11) is 1.64. The van der Waals surface area contributed by atoms with E-state index in [4.69, 9.17) is 9.84 Å². The number of carbonyl (C=O) groups excluding carboxylic acids is 1. The lowest BCUT2D eigenvalue weighted by Crippen LogP contribution is -2.43. The highest BCUT2D eigenvalue weighted by Gasteiger charge is 2.27. The Morgan fingerprint density at radius 1 is 1.27 bits per heavy atom. The first kappa shape index (κ1) is 16.5. The number of benzene rings is 1. The van der Waals surface area contributed by atoms with E-state index in [1.165, 1.54) is 0 Å². The number of rotatable bonds is 6. The first-order chi connectivity index (χ1) is 10.6. The van der Waals surface area contributed by atoms with Crippen molar-refractivity contribution in [1.82, 2.24) is 4.90 Å². The second-order valence-electron chi connectivity index (χ2n) is 5.71. The Kier molecular flexibility index (Phi) is 5.95. The molecule has 0 aromatic heterocycles. The zero-order valence-electron chi connectivity index (χ0n) is 13.0. The van der Waals surface area contributed by atoms with E-state index >= 15 is 0 Å². The molecule has 1 heterocycles. The SMILES string of the molecule is COCc1ccc(C(=O)N2CCCCC2CCC(=O)O)cc1. The number of amides is 1. The van der Waals surface area contributed by atoms with Crippen molar-refractivity contribution in [2.24, 2.45) is 0 Å². The smallest absolute Gasteiger partial charge is 0.303 e. The van der Waals surface area contributed by atoms with Gasteiger partial charge in [-0.3, -0.25) is 9.59 Å². The van der Waals surface area contributed by atoms with E-state index in [1.807, 2.05) is 29.2 Å². The summed E-state index contributed by atoms with van der Waals surface area (Å²) in [5.74, 6) is -0.805. The van der Waals surface area contributed by atoms with Crippen LogP contribution in [0.15, 0.2) is 24.3 Å². The number of hydrogen-bond donors (Lipinski definition) is 1. The molecule has 0 radical (unpaired) electrons. The molecule has 1 aromatic rings. The third-order valence-corrected chi connectivity index (χ3v) is 4.09. The Morgan fingerprint density at radius 3 is 2.64 bits per heavy atom. The molecule has 1 atom stereocenters. The summed E-state index contributed by atoms with van der Waals surface area (Å²) >= 11 is 0. The van der Waals surface area contributed by atoms with Gasteiger partial charge >= 0.3 is 5.97 Å². The van der Waals surface area contributed by atoms with Crippen molar-refractivity contribution in [2.45, 2.75) is 44.8 Å². The molecule has 1 aromatic carbocycles. The molecule has 1 N–H and O–H groups in total. The van der Waals surface area contributed by atoms with Gasteiger partial charge in [-0.2, -0.15) is 0 Å².